The predicted molar refractivity (Wildman–Crippen MR) is 33.8 cm³/mol. The first-order valence-electron chi connectivity index (χ1n) is 2.86. The number of nitrogens with zero attached hydrogens (tertiary/aromatic N) is 3. The van der Waals surface area contributed by atoms with Gasteiger partial charge in [-0.25, -0.2) is 0 Å². The number of pyridine rings is 1. The van der Waals surface area contributed by atoms with E-state index in [1.165, 1.54) is 6.20 Å². The molecule has 2 heterocycles. The highest BCUT2D eigenvalue weighted by molar-refractivity contribution is 5.53. The topological polar surface area (TPSA) is 50.9 Å². The predicted octanol–water partition coefficient (Wildman–Crippen LogP) is 0.620. The van der Waals surface area contributed by atoms with E-state index < -0.39 is 0 Å². The third kappa shape index (κ3) is 0.556. The van der Waals surface area contributed by atoms with Crippen molar-refractivity contribution in [1.82, 2.24) is 14.9 Å². The van der Waals surface area contributed by atoms with Crippen LogP contribution in [0.25, 0.3) is 11.4 Å². The summed E-state index contributed by atoms with van der Waals surface area (Å²) in [6.07, 6.45) is 3.11. The summed E-state index contributed by atoms with van der Waals surface area (Å²) in [5.41, 5.74) is 0.838. The van der Waals surface area contributed by atoms with Gasteiger partial charge < -0.3 is 5.21 Å². The molecule has 10 heavy (non-hydrogen) atoms. The van der Waals surface area contributed by atoms with Gasteiger partial charge in [-0.3, -0.25) is 0 Å². The molecule has 0 spiro atoms. The maximum absolute atomic E-state index is 9.07. The van der Waals surface area contributed by atoms with Gasteiger partial charge in [0.15, 0.2) is 5.82 Å². The summed E-state index contributed by atoms with van der Waals surface area (Å²) in [6, 6.07) is 3.56. The molecule has 2 rings (SSSR count). The van der Waals surface area contributed by atoms with Crippen molar-refractivity contribution in [1.29, 1.82) is 0 Å². The number of rotatable bonds is 0. The highest BCUT2D eigenvalue weighted by Crippen LogP contribution is 2.14. The number of fused-ring (bicyclic) bond motifs is 1. The Labute approximate surface area is 57.0 Å². The Kier molecular flexibility index (Phi) is 0.887. The van der Waals surface area contributed by atoms with Crippen LogP contribution < -0.4 is 0 Å². The molecule has 0 bridgehead atoms. The van der Waals surface area contributed by atoms with Crippen molar-refractivity contribution in [2.75, 3.05) is 0 Å². The summed E-state index contributed by atoms with van der Waals surface area (Å²) in [5.74, 6) is 0.488. The summed E-state index contributed by atoms with van der Waals surface area (Å²) < 4.78 is 0.947. The standard InChI is InChI=1S/C6H5N3O/c10-9-3-1-2-5-4-7-8-6(5)9/h1-4,10H. The lowest BCUT2D eigenvalue weighted by Gasteiger charge is -1.99. The van der Waals surface area contributed by atoms with Gasteiger partial charge in [0.25, 0.3) is 0 Å². The molecule has 0 radical (unpaired) electrons. The van der Waals surface area contributed by atoms with E-state index in [0.29, 0.717) is 5.82 Å². The molecular weight excluding hydrogens is 130 g/mol. The minimum Gasteiger partial charge on any atom is -0.427 e. The Morgan fingerprint density at radius 1 is 1.50 bits per heavy atom. The fourth-order valence-electron chi connectivity index (χ4n) is 0.856. The van der Waals surface area contributed by atoms with Gasteiger partial charge in [0, 0.05) is 11.8 Å². The third-order valence-corrected chi connectivity index (χ3v) is 1.33. The SMILES string of the molecule is On1cccc2cnnc1-2. The Morgan fingerprint density at radius 3 is 3.20 bits per heavy atom. The van der Waals surface area contributed by atoms with E-state index in [0.717, 1.165) is 10.3 Å². The van der Waals surface area contributed by atoms with E-state index in [1.54, 1.807) is 12.3 Å². The average molecular weight is 135 g/mol. The Hall–Kier alpha value is -1.58. The maximum Gasteiger partial charge on any atom is 0.198 e. The average Bonchev–Trinajstić information content (AvgIpc) is 2.36. The van der Waals surface area contributed by atoms with Crippen LogP contribution in [0.1, 0.15) is 0 Å². The van der Waals surface area contributed by atoms with Gasteiger partial charge in [0.05, 0.1) is 6.20 Å². The van der Waals surface area contributed by atoms with Crippen molar-refractivity contribution in [2.24, 2.45) is 0 Å². The van der Waals surface area contributed by atoms with E-state index in [4.69, 9.17) is 5.21 Å². The van der Waals surface area contributed by atoms with Crippen molar-refractivity contribution in [3.63, 3.8) is 0 Å². The number of hydrogen-bond donors (Lipinski definition) is 1. The van der Waals surface area contributed by atoms with E-state index in [9.17, 15) is 0 Å². The van der Waals surface area contributed by atoms with Crippen molar-refractivity contribution in [3.8, 4) is 11.4 Å². The van der Waals surface area contributed by atoms with Crippen LogP contribution >= 0.6 is 0 Å². The van der Waals surface area contributed by atoms with Crippen LogP contribution in [-0.2, 0) is 0 Å². The van der Waals surface area contributed by atoms with E-state index in [-0.39, 0.29) is 0 Å². The van der Waals surface area contributed by atoms with Crippen molar-refractivity contribution < 1.29 is 5.21 Å². The molecule has 0 fully saturated rings. The molecule has 0 aromatic heterocycles. The van der Waals surface area contributed by atoms with E-state index in [2.05, 4.69) is 10.2 Å². The molecule has 0 amide bonds. The fraction of sp³-hybridized carbons (Fsp3) is 0. The van der Waals surface area contributed by atoms with Gasteiger partial charge in [0.1, 0.15) is 0 Å². The third-order valence-electron chi connectivity index (χ3n) is 1.33. The molecule has 4 nitrogen and oxygen atoms in total. The second-order valence-corrected chi connectivity index (χ2v) is 1.98. The molecule has 2 aliphatic heterocycles. The fourth-order valence-corrected chi connectivity index (χ4v) is 0.856. The summed E-state index contributed by atoms with van der Waals surface area (Å²) in [7, 11) is 0. The molecule has 0 aromatic carbocycles. The molecule has 1 N–H and O–H groups in total. The zero-order chi connectivity index (χ0) is 6.97. The van der Waals surface area contributed by atoms with Gasteiger partial charge in [-0.2, -0.15) is 9.83 Å². The lowest BCUT2D eigenvalue weighted by molar-refractivity contribution is 0.186. The smallest absolute Gasteiger partial charge is 0.198 e. The molecule has 4 heteroatoms. The number of aromatic nitrogens is 3. The molecule has 0 atom stereocenters. The highest BCUT2D eigenvalue weighted by Gasteiger charge is 2.06. The van der Waals surface area contributed by atoms with Gasteiger partial charge in [-0.05, 0) is 12.1 Å². The van der Waals surface area contributed by atoms with Crippen LogP contribution in [0, 0.1) is 0 Å². The van der Waals surface area contributed by atoms with Gasteiger partial charge >= 0.3 is 0 Å². The molecule has 0 saturated heterocycles. The minimum atomic E-state index is 0.488. The molecular formula is C6H5N3O. The van der Waals surface area contributed by atoms with Crippen LogP contribution in [-0.4, -0.2) is 20.1 Å². The van der Waals surface area contributed by atoms with Gasteiger partial charge in [0.2, 0.25) is 0 Å². The lowest BCUT2D eigenvalue weighted by atomic mass is 10.3. The highest BCUT2D eigenvalue weighted by atomic mass is 16.5. The first-order chi connectivity index (χ1) is 4.88. The van der Waals surface area contributed by atoms with Crippen LogP contribution in [0.15, 0.2) is 24.5 Å². The van der Waals surface area contributed by atoms with Crippen molar-refractivity contribution in [2.45, 2.75) is 0 Å². The summed E-state index contributed by atoms with van der Waals surface area (Å²) in [4.78, 5) is 0. The van der Waals surface area contributed by atoms with Gasteiger partial charge in [-0.1, -0.05) is 0 Å². The Balaban J connectivity index is 2.80. The first kappa shape index (κ1) is 5.22. The van der Waals surface area contributed by atoms with Crippen LogP contribution in [0.2, 0.25) is 0 Å². The molecule has 50 valence electrons. The quantitative estimate of drug-likeness (QED) is 0.539. The Bertz CT molecular complexity index is 317. The molecule has 0 unspecified atom stereocenters. The summed E-state index contributed by atoms with van der Waals surface area (Å²) >= 11 is 0. The first-order valence-corrected chi connectivity index (χ1v) is 2.86. The number of hydrogen-bond acceptors (Lipinski definition) is 3. The summed E-state index contributed by atoms with van der Waals surface area (Å²) in [5, 5.41) is 16.4. The van der Waals surface area contributed by atoms with Crippen molar-refractivity contribution >= 4 is 0 Å². The monoisotopic (exact) mass is 135 g/mol. The van der Waals surface area contributed by atoms with E-state index >= 15 is 0 Å². The maximum atomic E-state index is 9.07. The van der Waals surface area contributed by atoms with Crippen molar-refractivity contribution in [3.05, 3.63) is 24.5 Å². The van der Waals surface area contributed by atoms with Crippen LogP contribution in [0.5, 0.6) is 0 Å². The van der Waals surface area contributed by atoms with Crippen LogP contribution in [0.4, 0.5) is 0 Å². The normalized spacial score (nSPS) is 10.4. The zero-order valence-electron chi connectivity index (χ0n) is 5.10. The molecule has 0 aromatic rings. The van der Waals surface area contributed by atoms with Gasteiger partial charge in [-0.15, -0.1) is 5.10 Å². The molecule has 0 saturated carbocycles. The molecule has 2 aliphatic rings. The lowest BCUT2D eigenvalue weighted by Crippen LogP contribution is -1.96. The minimum absolute atomic E-state index is 0.488. The second kappa shape index (κ2) is 1.70. The largest absolute Gasteiger partial charge is 0.427 e. The Morgan fingerprint density at radius 2 is 2.40 bits per heavy atom. The van der Waals surface area contributed by atoms with E-state index in [1.807, 2.05) is 6.07 Å². The summed E-state index contributed by atoms with van der Waals surface area (Å²) in [6.45, 7) is 0. The molecule has 0 aliphatic carbocycles. The zero-order valence-corrected chi connectivity index (χ0v) is 5.10. The second-order valence-electron chi connectivity index (χ2n) is 1.98. The van der Waals surface area contributed by atoms with Crippen LogP contribution in [0.3, 0.4) is 0 Å².